The molecule has 26 heavy (non-hydrogen) atoms. The summed E-state index contributed by atoms with van der Waals surface area (Å²) < 4.78 is 1.87. The zero-order valence-electron chi connectivity index (χ0n) is 16.7. The summed E-state index contributed by atoms with van der Waals surface area (Å²) in [6.45, 7) is 12.2. The van der Waals surface area contributed by atoms with E-state index in [0.717, 1.165) is 36.4 Å². The first kappa shape index (κ1) is 19.9. The lowest BCUT2D eigenvalue weighted by Gasteiger charge is -2.22. The number of fused-ring (bicyclic) bond motifs is 1. The first-order chi connectivity index (χ1) is 12.2. The van der Waals surface area contributed by atoms with Crippen LogP contribution in [0.2, 0.25) is 0 Å². The minimum Gasteiger partial charge on any atom is -0.347 e. The average Bonchev–Trinajstić information content (AvgIpc) is 2.91. The molecule has 0 atom stereocenters. The van der Waals surface area contributed by atoms with E-state index in [1.165, 1.54) is 0 Å². The minimum absolute atomic E-state index is 0.0144. The van der Waals surface area contributed by atoms with Crippen molar-refractivity contribution in [3.63, 3.8) is 0 Å². The van der Waals surface area contributed by atoms with Gasteiger partial charge in [0, 0.05) is 25.2 Å². The van der Waals surface area contributed by atoms with Crippen molar-refractivity contribution < 1.29 is 9.59 Å². The Morgan fingerprint density at radius 3 is 2.46 bits per heavy atom. The van der Waals surface area contributed by atoms with Crippen molar-refractivity contribution in [2.24, 2.45) is 0 Å². The zero-order chi connectivity index (χ0) is 19.5. The Labute approximate surface area is 155 Å². The molecule has 0 saturated carbocycles. The van der Waals surface area contributed by atoms with Crippen molar-refractivity contribution in [2.45, 2.75) is 66.3 Å². The van der Waals surface area contributed by atoms with Gasteiger partial charge in [-0.15, -0.1) is 0 Å². The number of amides is 2. The topological polar surface area (TPSA) is 66.7 Å². The van der Waals surface area contributed by atoms with Gasteiger partial charge in [-0.05, 0) is 45.7 Å². The van der Waals surface area contributed by atoms with E-state index in [2.05, 4.69) is 17.2 Å². The van der Waals surface area contributed by atoms with E-state index < -0.39 is 0 Å². The molecule has 1 N–H and O–H groups in total. The number of unbranched alkanes of at least 4 members (excludes halogenated alkanes) is 1. The quantitative estimate of drug-likeness (QED) is 0.858. The molecular weight excluding hydrogens is 328 g/mol. The molecule has 2 heterocycles. The number of carbonyl (C=O) groups is 2. The highest BCUT2D eigenvalue weighted by Crippen LogP contribution is 2.25. The molecule has 0 aromatic carbocycles. The predicted molar refractivity (Wildman–Crippen MR) is 105 cm³/mol. The molecule has 2 aromatic heterocycles. The number of pyridine rings is 1. The summed E-state index contributed by atoms with van der Waals surface area (Å²) in [5, 5.41) is 2.97. The Morgan fingerprint density at radius 2 is 1.92 bits per heavy atom. The number of anilines is 1. The molecule has 6 nitrogen and oxygen atoms in total. The molecule has 2 amide bonds. The maximum Gasteiger partial charge on any atom is 0.253 e. The van der Waals surface area contributed by atoms with Crippen molar-refractivity contribution in [3.05, 3.63) is 29.6 Å². The number of nitrogens with one attached hydrogen (secondary N) is 1. The molecule has 0 bridgehead atoms. The number of hydrogen-bond acceptors (Lipinski definition) is 3. The average molecular weight is 358 g/mol. The van der Waals surface area contributed by atoms with Crippen LogP contribution in [-0.4, -0.2) is 33.3 Å². The molecule has 2 rings (SSSR count). The molecule has 0 spiro atoms. The summed E-state index contributed by atoms with van der Waals surface area (Å²) in [7, 11) is 0. The smallest absolute Gasteiger partial charge is 0.253 e. The van der Waals surface area contributed by atoms with Gasteiger partial charge >= 0.3 is 0 Å². The standard InChI is InChI=1S/C20H30N4O2/c1-7-9-12-23(14(3)25)19-16(8-2)21-17-11-10-15(13-24(17)19)18(26)22-20(4,5)6/h10-11,13H,7-9,12H2,1-6H3,(H,22,26). The second-order valence-electron chi connectivity index (χ2n) is 7.61. The number of aryl methyl sites for hydroxylation is 1. The van der Waals surface area contributed by atoms with Crippen molar-refractivity contribution in [1.29, 1.82) is 0 Å². The summed E-state index contributed by atoms with van der Waals surface area (Å²) >= 11 is 0. The Morgan fingerprint density at radius 1 is 1.23 bits per heavy atom. The highest BCUT2D eigenvalue weighted by Gasteiger charge is 2.22. The molecule has 0 aliphatic rings. The fraction of sp³-hybridized carbons (Fsp3) is 0.550. The molecule has 0 fully saturated rings. The number of aromatic nitrogens is 2. The summed E-state index contributed by atoms with van der Waals surface area (Å²) in [5.41, 5.74) is 1.84. The summed E-state index contributed by atoms with van der Waals surface area (Å²) in [5.74, 6) is 0.619. The zero-order valence-corrected chi connectivity index (χ0v) is 16.7. The van der Waals surface area contributed by atoms with Crippen LogP contribution in [0.3, 0.4) is 0 Å². The van der Waals surface area contributed by atoms with E-state index >= 15 is 0 Å². The number of rotatable bonds is 6. The lowest BCUT2D eigenvalue weighted by molar-refractivity contribution is -0.116. The van der Waals surface area contributed by atoms with Crippen LogP contribution in [0.15, 0.2) is 18.3 Å². The highest BCUT2D eigenvalue weighted by molar-refractivity contribution is 5.95. The molecule has 142 valence electrons. The van der Waals surface area contributed by atoms with Crippen molar-refractivity contribution in [3.8, 4) is 0 Å². The number of imidazole rings is 1. The molecule has 2 aromatic rings. The summed E-state index contributed by atoms with van der Waals surface area (Å²) in [4.78, 5) is 31.2. The molecule has 0 unspecified atom stereocenters. The molecule has 6 heteroatoms. The predicted octanol–water partition coefficient (Wildman–Crippen LogP) is 3.58. The van der Waals surface area contributed by atoms with Gasteiger partial charge in [-0.3, -0.25) is 18.9 Å². The second kappa shape index (κ2) is 7.89. The van der Waals surface area contributed by atoms with E-state index in [0.29, 0.717) is 12.1 Å². The van der Waals surface area contributed by atoms with Gasteiger partial charge in [0.15, 0.2) is 0 Å². The lowest BCUT2D eigenvalue weighted by atomic mass is 10.1. The normalized spacial score (nSPS) is 11.6. The van der Waals surface area contributed by atoms with Gasteiger partial charge in [0.05, 0.1) is 11.3 Å². The molecular formula is C20H30N4O2. The van der Waals surface area contributed by atoms with Crippen LogP contribution in [0.4, 0.5) is 5.82 Å². The Bertz CT molecular complexity index is 802. The molecule has 0 aliphatic carbocycles. The third kappa shape index (κ3) is 4.42. The highest BCUT2D eigenvalue weighted by atomic mass is 16.2. The van der Waals surface area contributed by atoms with E-state index in [4.69, 9.17) is 0 Å². The van der Waals surface area contributed by atoms with Crippen LogP contribution in [0.25, 0.3) is 5.65 Å². The minimum atomic E-state index is -0.315. The van der Waals surface area contributed by atoms with Gasteiger partial charge in [0.1, 0.15) is 11.5 Å². The van der Waals surface area contributed by atoms with Crippen LogP contribution in [0.1, 0.15) is 70.4 Å². The first-order valence-electron chi connectivity index (χ1n) is 9.29. The van der Waals surface area contributed by atoms with E-state index in [1.807, 2.05) is 38.2 Å². The van der Waals surface area contributed by atoms with Gasteiger partial charge in [-0.2, -0.15) is 0 Å². The Balaban J connectivity index is 2.55. The maximum absolute atomic E-state index is 12.5. The number of nitrogens with zero attached hydrogens (tertiary/aromatic N) is 3. The van der Waals surface area contributed by atoms with E-state index in [9.17, 15) is 9.59 Å². The Hall–Kier alpha value is -2.37. The van der Waals surface area contributed by atoms with Crippen molar-refractivity contribution in [1.82, 2.24) is 14.7 Å². The molecule has 0 radical (unpaired) electrons. The number of hydrogen-bond donors (Lipinski definition) is 1. The van der Waals surface area contributed by atoms with Crippen LogP contribution in [0, 0.1) is 0 Å². The molecule has 0 aliphatic heterocycles. The van der Waals surface area contributed by atoms with Crippen LogP contribution >= 0.6 is 0 Å². The van der Waals surface area contributed by atoms with Crippen molar-refractivity contribution >= 4 is 23.3 Å². The summed E-state index contributed by atoms with van der Waals surface area (Å²) in [6, 6.07) is 3.61. The summed E-state index contributed by atoms with van der Waals surface area (Å²) in [6.07, 6.45) is 4.41. The van der Waals surface area contributed by atoms with Crippen LogP contribution in [-0.2, 0) is 11.2 Å². The molecule has 0 saturated heterocycles. The fourth-order valence-corrected chi connectivity index (χ4v) is 2.88. The first-order valence-corrected chi connectivity index (χ1v) is 9.29. The van der Waals surface area contributed by atoms with Crippen molar-refractivity contribution in [2.75, 3.05) is 11.4 Å². The fourth-order valence-electron chi connectivity index (χ4n) is 2.88. The largest absolute Gasteiger partial charge is 0.347 e. The monoisotopic (exact) mass is 358 g/mol. The maximum atomic E-state index is 12.5. The van der Waals surface area contributed by atoms with E-state index in [-0.39, 0.29) is 17.4 Å². The lowest BCUT2D eigenvalue weighted by Crippen LogP contribution is -2.40. The SMILES string of the molecule is CCCCN(C(C)=O)c1c(CC)nc2ccc(C(=O)NC(C)(C)C)cn12. The van der Waals surface area contributed by atoms with Gasteiger partial charge in [0.2, 0.25) is 5.91 Å². The van der Waals surface area contributed by atoms with Gasteiger partial charge < -0.3 is 5.32 Å². The second-order valence-corrected chi connectivity index (χ2v) is 7.61. The Kier molecular flexibility index (Phi) is 6.05. The van der Waals surface area contributed by atoms with Gasteiger partial charge in [-0.1, -0.05) is 20.3 Å². The van der Waals surface area contributed by atoms with Gasteiger partial charge in [-0.25, -0.2) is 4.98 Å². The van der Waals surface area contributed by atoms with Crippen LogP contribution < -0.4 is 10.2 Å². The third-order valence-corrected chi connectivity index (χ3v) is 4.12. The van der Waals surface area contributed by atoms with E-state index in [1.54, 1.807) is 24.1 Å². The third-order valence-electron chi connectivity index (χ3n) is 4.12. The van der Waals surface area contributed by atoms with Crippen LogP contribution in [0.5, 0.6) is 0 Å². The number of carbonyl (C=O) groups excluding carboxylic acids is 2. The van der Waals surface area contributed by atoms with Gasteiger partial charge in [0.25, 0.3) is 5.91 Å².